The van der Waals surface area contributed by atoms with Crippen LogP contribution in [-0.4, -0.2) is 44.3 Å². The first kappa shape index (κ1) is 15.0. The fraction of sp³-hybridized carbons (Fsp3) is 0.467. The summed E-state index contributed by atoms with van der Waals surface area (Å²) in [4.78, 5) is 25.7. The molecule has 1 aromatic carbocycles. The van der Waals surface area contributed by atoms with Gasteiger partial charge in [0.15, 0.2) is 9.84 Å². The summed E-state index contributed by atoms with van der Waals surface area (Å²) in [5.41, 5.74) is 1.16. The summed E-state index contributed by atoms with van der Waals surface area (Å²) >= 11 is 0. The van der Waals surface area contributed by atoms with E-state index in [9.17, 15) is 18.0 Å². The van der Waals surface area contributed by atoms with Crippen molar-refractivity contribution in [1.82, 2.24) is 5.32 Å². The van der Waals surface area contributed by atoms with Crippen LogP contribution in [0.25, 0.3) is 0 Å². The Bertz CT molecular complexity index is 714. The lowest BCUT2D eigenvalue weighted by molar-refractivity contribution is -0.117. The molecule has 2 heterocycles. The van der Waals surface area contributed by atoms with Crippen LogP contribution in [0.2, 0.25) is 0 Å². The van der Waals surface area contributed by atoms with Crippen LogP contribution in [0.3, 0.4) is 0 Å². The molecule has 0 radical (unpaired) electrons. The minimum Gasteiger partial charge on any atom is -0.348 e. The van der Waals surface area contributed by atoms with E-state index in [2.05, 4.69) is 5.32 Å². The third-order valence-corrected chi connectivity index (χ3v) is 5.83. The van der Waals surface area contributed by atoms with Gasteiger partial charge in [-0.2, -0.15) is 0 Å². The molecular weight excluding hydrogens is 304 g/mol. The number of hydrogen-bond acceptors (Lipinski definition) is 4. The summed E-state index contributed by atoms with van der Waals surface area (Å²) in [6.07, 6.45) is 1.82. The molecule has 0 spiro atoms. The van der Waals surface area contributed by atoms with Crippen molar-refractivity contribution in [2.24, 2.45) is 0 Å². The number of amides is 2. The zero-order valence-electron chi connectivity index (χ0n) is 12.1. The van der Waals surface area contributed by atoms with E-state index in [-0.39, 0.29) is 29.4 Å². The maximum absolute atomic E-state index is 12.3. The van der Waals surface area contributed by atoms with Gasteiger partial charge in [0.05, 0.1) is 11.5 Å². The highest BCUT2D eigenvalue weighted by atomic mass is 32.2. The van der Waals surface area contributed by atoms with E-state index in [0.717, 1.165) is 6.42 Å². The number of benzene rings is 1. The number of rotatable bonds is 3. The number of anilines is 1. The molecule has 3 rings (SSSR count). The van der Waals surface area contributed by atoms with Crippen molar-refractivity contribution >= 4 is 27.3 Å². The van der Waals surface area contributed by atoms with Gasteiger partial charge in [0.1, 0.15) is 0 Å². The molecule has 2 saturated heterocycles. The fourth-order valence-corrected chi connectivity index (χ4v) is 4.59. The summed E-state index contributed by atoms with van der Waals surface area (Å²) in [5.74, 6) is -0.0985. The van der Waals surface area contributed by atoms with Crippen molar-refractivity contribution in [2.45, 2.75) is 25.3 Å². The van der Waals surface area contributed by atoms with Crippen LogP contribution < -0.4 is 10.2 Å². The lowest BCUT2D eigenvalue weighted by atomic mass is 10.1. The van der Waals surface area contributed by atoms with E-state index in [1.165, 1.54) is 0 Å². The predicted molar refractivity (Wildman–Crippen MR) is 82.6 cm³/mol. The second-order valence-corrected chi connectivity index (χ2v) is 8.00. The Hall–Kier alpha value is -1.89. The Morgan fingerprint density at radius 1 is 1.32 bits per heavy atom. The topological polar surface area (TPSA) is 83.6 Å². The summed E-state index contributed by atoms with van der Waals surface area (Å²) in [7, 11) is -3.02. The van der Waals surface area contributed by atoms with Crippen molar-refractivity contribution in [3.05, 3.63) is 29.8 Å². The van der Waals surface area contributed by atoms with Crippen LogP contribution >= 0.6 is 0 Å². The zero-order valence-corrected chi connectivity index (χ0v) is 12.9. The van der Waals surface area contributed by atoms with Crippen molar-refractivity contribution in [1.29, 1.82) is 0 Å². The molecule has 2 amide bonds. The van der Waals surface area contributed by atoms with E-state index in [1.54, 1.807) is 29.2 Å². The van der Waals surface area contributed by atoms with Gasteiger partial charge < -0.3 is 10.2 Å². The van der Waals surface area contributed by atoms with Gasteiger partial charge in [-0.05, 0) is 31.0 Å². The zero-order chi connectivity index (χ0) is 15.7. The number of sulfone groups is 1. The lowest BCUT2D eigenvalue weighted by Crippen LogP contribution is -2.35. The Morgan fingerprint density at radius 2 is 2.14 bits per heavy atom. The molecule has 1 N–H and O–H groups in total. The minimum atomic E-state index is -3.02. The Kier molecular flexibility index (Phi) is 3.90. The van der Waals surface area contributed by atoms with Crippen LogP contribution in [0, 0.1) is 0 Å². The third kappa shape index (κ3) is 3.14. The number of carbonyl (C=O) groups is 2. The average molecular weight is 322 g/mol. The molecule has 118 valence electrons. The lowest BCUT2D eigenvalue weighted by Gasteiger charge is -2.17. The van der Waals surface area contributed by atoms with Gasteiger partial charge in [0, 0.05) is 30.3 Å². The summed E-state index contributed by atoms with van der Waals surface area (Å²) in [6, 6.07) is 6.57. The molecular formula is C15H18N2O4S. The van der Waals surface area contributed by atoms with Crippen LogP contribution in [0.5, 0.6) is 0 Å². The first-order valence-corrected chi connectivity index (χ1v) is 9.18. The largest absolute Gasteiger partial charge is 0.348 e. The average Bonchev–Trinajstić information content (AvgIpc) is 3.04. The number of nitrogens with zero attached hydrogens (tertiary/aromatic N) is 1. The maximum atomic E-state index is 12.3. The van der Waals surface area contributed by atoms with Gasteiger partial charge in [-0.3, -0.25) is 9.59 Å². The summed E-state index contributed by atoms with van der Waals surface area (Å²) in [5, 5.41) is 2.76. The Labute approximate surface area is 129 Å². The minimum absolute atomic E-state index is 0.00302. The predicted octanol–water partition coefficient (Wildman–Crippen LogP) is 0.730. The van der Waals surface area contributed by atoms with Crippen molar-refractivity contribution in [3.8, 4) is 0 Å². The second kappa shape index (κ2) is 5.72. The highest BCUT2D eigenvalue weighted by molar-refractivity contribution is 7.91. The van der Waals surface area contributed by atoms with Gasteiger partial charge in [-0.1, -0.05) is 6.07 Å². The standard InChI is InChI=1S/C15H18N2O4S/c18-14-5-2-7-17(14)13-4-1-3-11(9-13)15(19)16-12-6-8-22(20,21)10-12/h1,3-4,9,12H,2,5-8,10H2,(H,16,19)/t12-/m0/s1. The second-order valence-electron chi connectivity index (χ2n) is 5.77. The van der Waals surface area contributed by atoms with Gasteiger partial charge in [-0.25, -0.2) is 8.42 Å². The molecule has 22 heavy (non-hydrogen) atoms. The molecule has 0 bridgehead atoms. The van der Waals surface area contributed by atoms with Gasteiger partial charge in [0.2, 0.25) is 5.91 Å². The molecule has 6 nitrogen and oxygen atoms in total. The van der Waals surface area contributed by atoms with Gasteiger partial charge in [0.25, 0.3) is 5.91 Å². The molecule has 1 aromatic rings. The molecule has 2 aliphatic heterocycles. The maximum Gasteiger partial charge on any atom is 0.251 e. The molecule has 7 heteroatoms. The SMILES string of the molecule is O=C(N[C@H]1CCS(=O)(=O)C1)c1cccc(N2CCCC2=O)c1. The molecule has 0 aliphatic carbocycles. The first-order chi connectivity index (χ1) is 10.4. The van der Waals surface area contributed by atoms with E-state index < -0.39 is 9.84 Å². The van der Waals surface area contributed by atoms with Gasteiger partial charge >= 0.3 is 0 Å². The monoisotopic (exact) mass is 322 g/mol. The quantitative estimate of drug-likeness (QED) is 0.889. The van der Waals surface area contributed by atoms with Crippen molar-refractivity contribution in [2.75, 3.05) is 23.0 Å². The van der Waals surface area contributed by atoms with E-state index in [0.29, 0.717) is 30.6 Å². The van der Waals surface area contributed by atoms with E-state index in [1.807, 2.05) is 0 Å². The molecule has 0 saturated carbocycles. The highest BCUT2D eigenvalue weighted by Gasteiger charge is 2.29. The third-order valence-electron chi connectivity index (χ3n) is 4.06. The van der Waals surface area contributed by atoms with Crippen LogP contribution in [0.1, 0.15) is 29.6 Å². The summed E-state index contributed by atoms with van der Waals surface area (Å²) < 4.78 is 22.9. The van der Waals surface area contributed by atoms with Crippen LogP contribution in [-0.2, 0) is 14.6 Å². The van der Waals surface area contributed by atoms with Gasteiger partial charge in [-0.15, -0.1) is 0 Å². The highest BCUT2D eigenvalue weighted by Crippen LogP contribution is 2.22. The van der Waals surface area contributed by atoms with E-state index >= 15 is 0 Å². The number of hydrogen-bond donors (Lipinski definition) is 1. The van der Waals surface area contributed by atoms with Crippen LogP contribution in [0.4, 0.5) is 5.69 Å². The van der Waals surface area contributed by atoms with Crippen LogP contribution in [0.15, 0.2) is 24.3 Å². The number of carbonyl (C=O) groups excluding carboxylic acids is 2. The van der Waals surface area contributed by atoms with Crippen molar-refractivity contribution < 1.29 is 18.0 Å². The Morgan fingerprint density at radius 3 is 2.77 bits per heavy atom. The smallest absolute Gasteiger partial charge is 0.251 e. The number of nitrogens with one attached hydrogen (secondary N) is 1. The Balaban J connectivity index is 1.72. The fourth-order valence-electron chi connectivity index (χ4n) is 2.91. The molecule has 1 atom stereocenters. The molecule has 0 unspecified atom stereocenters. The van der Waals surface area contributed by atoms with E-state index in [4.69, 9.17) is 0 Å². The molecule has 2 fully saturated rings. The summed E-state index contributed by atoms with van der Waals surface area (Å²) in [6.45, 7) is 0.671. The molecule has 0 aromatic heterocycles. The molecule has 2 aliphatic rings. The normalized spacial score (nSPS) is 23.7. The first-order valence-electron chi connectivity index (χ1n) is 7.36. The van der Waals surface area contributed by atoms with Crippen molar-refractivity contribution in [3.63, 3.8) is 0 Å².